The molecule has 31 heavy (non-hydrogen) atoms. The number of sulfonamides is 1. The lowest BCUT2D eigenvalue weighted by molar-refractivity contribution is 0.415. The van der Waals surface area contributed by atoms with E-state index in [2.05, 4.69) is 5.32 Å². The van der Waals surface area contributed by atoms with Crippen molar-refractivity contribution in [1.29, 1.82) is 0 Å². The van der Waals surface area contributed by atoms with E-state index in [-0.39, 0.29) is 4.90 Å². The molecule has 160 valence electrons. The molecule has 0 amide bonds. The molecule has 0 bridgehead atoms. The standard InChI is InChI=1S/C23H23N3O3S2/c1-17-8-11-20(12-9-17)31(27,28)26-14-15-30-23(24-18-6-4-3-5-7-18)25-21-16-19(29-2)10-13-22(21)26/h3-13,16H,14-15H2,1-2H3,(H,24,25). The molecule has 6 nitrogen and oxygen atoms in total. The lowest BCUT2D eigenvalue weighted by atomic mass is 10.2. The van der Waals surface area contributed by atoms with Crippen LogP contribution in [0.15, 0.2) is 82.7 Å². The molecule has 1 N–H and O–H groups in total. The third-order valence-corrected chi connectivity index (χ3v) is 7.52. The summed E-state index contributed by atoms with van der Waals surface area (Å²) < 4.78 is 33.7. The van der Waals surface area contributed by atoms with Crippen LogP contribution in [-0.4, -0.2) is 33.0 Å². The van der Waals surface area contributed by atoms with Crippen LogP contribution in [0, 0.1) is 6.92 Å². The molecule has 1 aliphatic heterocycles. The maximum Gasteiger partial charge on any atom is 0.264 e. The van der Waals surface area contributed by atoms with E-state index in [9.17, 15) is 8.42 Å². The summed E-state index contributed by atoms with van der Waals surface area (Å²) in [5.41, 5.74) is 2.98. The Labute approximate surface area is 187 Å². The third kappa shape index (κ3) is 4.70. The van der Waals surface area contributed by atoms with Gasteiger partial charge in [0.25, 0.3) is 10.0 Å². The van der Waals surface area contributed by atoms with E-state index in [4.69, 9.17) is 9.73 Å². The Hall–Kier alpha value is -2.97. The molecule has 0 spiro atoms. The maximum absolute atomic E-state index is 13.5. The first-order valence-electron chi connectivity index (χ1n) is 9.78. The number of ether oxygens (including phenoxy) is 1. The Bertz CT molecular complexity index is 1190. The average molecular weight is 454 g/mol. The van der Waals surface area contributed by atoms with Crippen LogP contribution in [0.25, 0.3) is 0 Å². The number of nitrogens with zero attached hydrogens (tertiary/aromatic N) is 2. The largest absolute Gasteiger partial charge is 0.497 e. The van der Waals surface area contributed by atoms with Crippen LogP contribution in [0.1, 0.15) is 5.56 Å². The number of fused-ring (bicyclic) bond motifs is 1. The molecule has 3 aromatic rings. The van der Waals surface area contributed by atoms with Gasteiger partial charge in [0.1, 0.15) is 5.75 Å². The fraction of sp³-hybridized carbons (Fsp3) is 0.174. The quantitative estimate of drug-likeness (QED) is 0.599. The number of anilines is 2. The van der Waals surface area contributed by atoms with Gasteiger partial charge in [-0.05, 0) is 43.3 Å². The summed E-state index contributed by atoms with van der Waals surface area (Å²) in [6.45, 7) is 2.25. The predicted octanol–water partition coefficient (Wildman–Crippen LogP) is 5.05. The van der Waals surface area contributed by atoms with Gasteiger partial charge in [0.05, 0.1) is 23.4 Å². The topological polar surface area (TPSA) is 71.0 Å². The van der Waals surface area contributed by atoms with E-state index in [0.29, 0.717) is 34.6 Å². The second-order valence-electron chi connectivity index (χ2n) is 7.00. The van der Waals surface area contributed by atoms with Crippen molar-refractivity contribution in [3.63, 3.8) is 0 Å². The highest BCUT2D eigenvalue weighted by Crippen LogP contribution is 2.38. The van der Waals surface area contributed by atoms with E-state index >= 15 is 0 Å². The van der Waals surface area contributed by atoms with Crippen molar-refractivity contribution in [3.05, 3.63) is 78.4 Å². The summed E-state index contributed by atoms with van der Waals surface area (Å²) in [5, 5.41) is 4.02. The second-order valence-corrected chi connectivity index (χ2v) is 9.95. The Morgan fingerprint density at radius 3 is 2.48 bits per heavy atom. The SMILES string of the molecule is COc1ccc2c(c1)N=C(Nc1ccccc1)SCCN2S(=O)(=O)c1ccc(C)cc1. The van der Waals surface area contributed by atoms with Gasteiger partial charge in [0.2, 0.25) is 0 Å². The molecule has 0 unspecified atom stereocenters. The molecule has 4 rings (SSSR count). The Balaban J connectivity index is 1.78. The highest BCUT2D eigenvalue weighted by molar-refractivity contribution is 8.14. The van der Waals surface area contributed by atoms with Gasteiger partial charge in [-0.2, -0.15) is 0 Å². The fourth-order valence-corrected chi connectivity index (χ4v) is 5.63. The van der Waals surface area contributed by atoms with Gasteiger partial charge in [0, 0.05) is 24.1 Å². The summed E-state index contributed by atoms with van der Waals surface area (Å²) >= 11 is 1.48. The summed E-state index contributed by atoms with van der Waals surface area (Å²) in [7, 11) is -2.16. The smallest absolute Gasteiger partial charge is 0.264 e. The Morgan fingerprint density at radius 2 is 1.77 bits per heavy atom. The average Bonchev–Trinajstić information content (AvgIpc) is 2.76. The summed E-state index contributed by atoms with van der Waals surface area (Å²) in [5.74, 6) is 1.16. The van der Waals surface area contributed by atoms with Gasteiger partial charge >= 0.3 is 0 Å². The maximum atomic E-state index is 13.5. The number of amidine groups is 1. The van der Waals surface area contributed by atoms with Gasteiger partial charge in [-0.1, -0.05) is 47.7 Å². The number of benzene rings is 3. The van der Waals surface area contributed by atoms with Gasteiger partial charge in [-0.3, -0.25) is 4.31 Å². The molecule has 0 atom stereocenters. The molecular formula is C23H23N3O3S2. The zero-order valence-electron chi connectivity index (χ0n) is 17.3. The number of aryl methyl sites for hydroxylation is 1. The lowest BCUT2D eigenvalue weighted by Gasteiger charge is -2.28. The molecule has 0 aromatic heterocycles. The fourth-order valence-electron chi connectivity index (χ4n) is 3.21. The van der Waals surface area contributed by atoms with Crippen LogP contribution in [0.5, 0.6) is 5.75 Å². The van der Waals surface area contributed by atoms with E-state index < -0.39 is 10.0 Å². The molecule has 0 radical (unpaired) electrons. The summed E-state index contributed by atoms with van der Waals surface area (Å²) in [4.78, 5) is 5.02. The predicted molar refractivity (Wildman–Crippen MR) is 128 cm³/mol. The van der Waals surface area contributed by atoms with Gasteiger partial charge in [-0.15, -0.1) is 0 Å². The van der Waals surface area contributed by atoms with Crippen LogP contribution in [0.2, 0.25) is 0 Å². The summed E-state index contributed by atoms with van der Waals surface area (Å²) in [6, 6.07) is 21.9. The van der Waals surface area contributed by atoms with Crippen molar-refractivity contribution >= 4 is 44.0 Å². The number of thioether (sulfide) groups is 1. The zero-order chi connectivity index (χ0) is 21.8. The van der Waals surface area contributed by atoms with E-state index in [1.807, 2.05) is 37.3 Å². The molecule has 1 heterocycles. The van der Waals surface area contributed by atoms with Crippen LogP contribution < -0.4 is 14.4 Å². The number of nitrogens with one attached hydrogen (secondary N) is 1. The number of methoxy groups -OCH3 is 1. The molecule has 0 fully saturated rings. The molecule has 3 aromatic carbocycles. The molecule has 0 aliphatic carbocycles. The number of hydrogen-bond acceptors (Lipinski definition) is 6. The van der Waals surface area contributed by atoms with E-state index in [1.54, 1.807) is 49.6 Å². The highest BCUT2D eigenvalue weighted by Gasteiger charge is 2.28. The van der Waals surface area contributed by atoms with Crippen molar-refractivity contribution < 1.29 is 13.2 Å². The van der Waals surface area contributed by atoms with Crippen LogP contribution in [-0.2, 0) is 10.0 Å². The summed E-state index contributed by atoms with van der Waals surface area (Å²) in [6.07, 6.45) is 0. The lowest BCUT2D eigenvalue weighted by Crippen LogP contribution is -2.34. The van der Waals surface area contributed by atoms with Crippen molar-refractivity contribution in [2.24, 2.45) is 4.99 Å². The van der Waals surface area contributed by atoms with E-state index in [1.165, 1.54) is 16.1 Å². The van der Waals surface area contributed by atoms with Crippen LogP contribution in [0.4, 0.5) is 17.1 Å². The second kappa shape index (κ2) is 9.03. The normalized spacial score (nSPS) is 14.1. The Morgan fingerprint density at radius 1 is 1.03 bits per heavy atom. The van der Waals surface area contributed by atoms with Gasteiger partial charge < -0.3 is 10.1 Å². The number of para-hydroxylation sites is 1. The van der Waals surface area contributed by atoms with Crippen molar-refractivity contribution in [2.75, 3.05) is 29.0 Å². The first-order valence-corrected chi connectivity index (χ1v) is 12.2. The number of hydrogen-bond donors (Lipinski definition) is 1. The Kier molecular flexibility index (Phi) is 6.20. The van der Waals surface area contributed by atoms with Crippen LogP contribution >= 0.6 is 11.8 Å². The molecule has 0 saturated carbocycles. The molecular weight excluding hydrogens is 430 g/mol. The minimum Gasteiger partial charge on any atom is -0.497 e. The minimum absolute atomic E-state index is 0.261. The third-order valence-electron chi connectivity index (χ3n) is 4.84. The van der Waals surface area contributed by atoms with E-state index in [0.717, 1.165) is 11.3 Å². The van der Waals surface area contributed by atoms with Crippen LogP contribution in [0.3, 0.4) is 0 Å². The first-order chi connectivity index (χ1) is 15.0. The monoisotopic (exact) mass is 453 g/mol. The van der Waals surface area contributed by atoms with Gasteiger partial charge in [0.15, 0.2) is 5.17 Å². The van der Waals surface area contributed by atoms with Crippen molar-refractivity contribution in [1.82, 2.24) is 0 Å². The zero-order valence-corrected chi connectivity index (χ0v) is 18.9. The number of rotatable bonds is 4. The van der Waals surface area contributed by atoms with Gasteiger partial charge in [-0.25, -0.2) is 13.4 Å². The minimum atomic E-state index is -3.74. The first kappa shape index (κ1) is 21.3. The molecule has 1 aliphatic rings. The number of aliphatic imine (C=N–C) groups is 1. The molecule has 8 heteroatoms. The van der Waals surface area contributed by atoms with Crippen molar-refractivity contribution in [2.45, 2.75) is 11.8 Å². The molecule has 0 saturated heterocycles. The highest BCUT2D eigenvalue weighted by atomic mass is 32.2. The van der Waals surface area contributed by atoms with Crippen molar-refractivity contribution in [3.8, 4) is 5.75 Å².